The van der Waals surface area contributed by atoms with Gasteiger partial charge in [-0.25, -0.2) is 4.79 Å². The van der Waals surface area contributed by atoms with E-state index in [1.54, 1.807) is 12.1 Å². The summed E-state index contributed by atoms with van der Waals surface area (Å²) < 4.78 is 5.05. The molecule has 0 aromatic heterocycles. The molecule has 24 heavy (non-hydrogen) atoms. The number of unbranched alkanes of at least 4 members (excludes halogenated alkanes) is 2. The molecule has 0 N–H and O–H groups in total. The van der Waals surface area contributed by atoms with Gasteiger partial charge in [0.05, 0.1) is 0 Å². The van der Waals surface area contributed by atoms with E-state index in [1.807, 2.05) is 18.2 Å². The van der Waals surface area contributed by atoms with E-state index < -0.39 is 5.97 Å². The van der Waals surface area contributed by atoms with Crippen LogP contribution >= 0.6 is 0 Å². The summed E-state index contributed by atoms with van der Waals surface area (Å²) in [6, 6.07) is 16.1. The zero-order valence-corrected chi connectivity index (χ0v) is 14.2. The Morgan fingerprint density at radius 1 is 0.958 bits per heavy atom. The van der Waals surface area contributed by atoms with Crippen molar-refractivity contribution in [2.75, 3.05) is 0 Å². The van der Waals surface area contributed by atoms with Crippen LogP contribution < -0.4 is 4.74 Å². The summed E-state index contributed by atoms with van der Waals surface area (Å²) >= 11 is 0. The van der Waals surface area contributed by atoms with Crippen LogP contribution in [-0.2, 0) is 11.2 Å². The molecule has 124 valence electrons. The summed E-state index contributed by atoms with van der Waals surface area (Å²) in [6.45, 7) is 5.60. The molecular formula is C22H24O2. The number of hydrogen-bond donors (Lipinski definition) is 0. The van der Waals surface area contributed by atoms with Crippen molar-refractivity contribution in [2.45, 2.75) is 32.6 Å². The fourth-order valence-corrected chi connectivity index (χ4v) is 2.37. The van der Waals surface area contributed by atoms with Gasteiger partial charge in [0, 0.05) is 6.08 Å². The highest BCUT2D eigenvalue weighted by molar-refractivity contribution is 5.83. The van der Waals surface area contributed by atoms with Gasteiger partial charge in [-0.2, -0.15) is 0 Å². The molecule has 2 aromatic rings. The molecule has 0 saturated carbocycles. The van der Waals surface area contributed by atoms with Gasteiger partial charge in [0.25, 0.3) is 0 Å². The van der Waals surface area contributed by atoms with Crippen LogP contribution in [0.4, 0.5) is 0 Å². The molecule has 0 spiro atoms. The van der Waals surface area contributed by atoms with Crippen LogP contribution in [0.25, 0.3) is 12.2 Å². The zero-order valence-electron chi connectivity index (χ0n) is 14.2. The van der Waals surface area contributed by atoms with Gasteiger partial charge in [-0.3, -0.25) is 0 Å². The molecule has 0 radical (unpaired) electrons. The highest BCUT2D eigenvalue weighted by Crippen LogP contribution is 2.16. The monoisotopic (exact) mass is 320 g/mol. The van der Waals surface area contributed by atoms with Gasteiger partial charge >= 0.3 is 5.97 Å². The molecule has 0 saturated heterocycles. The summed E-state index contributed by atoms with van der Waals surface area (Å²) in [5.41, 5.74) is 3.63. The Kier molecular flexibility index (Phi) is 7.03. The molecule has 0 unspecified atom stereocenters. The average Bonchev–Trinajstić information content (AvgIpc) is 2.62. The molecule has 0 fully saturated rings. The van der Waals surface area contributed by atoms with E-state index in [2.05, 4.69) is 43.8 Å². The van der Waals surface area contributed by atoms with E-state index in [1.165, 1.54) is 30.4 Å². The number of esters is 1. The first-order chi connectivity index (χ1) is 11.7. The van der Waals surface area contributed by atoms with Crippen molar-refractivity contribution >= 4 is 18.1 Å². The van der Waals surface area contributed by atoms with Crippen molar-refractivity contribution < 1.29 is 9.53 Å². The molecule has 2 rings (SSSR count). The van der Waals surface area contributed by atoms with Gasteiger partial charge in [-0.15, -0.1) is 0 Å². The maximum Gasteiger partial charge on any atom is 0.335 e. The predicted octanol–water partition coefficient (Wildman–Crippen LogP) is 5.68. The van der Waals surface area contributed by atoms with Crippen LogP contribution in [-0.4, -0.2) is 5.97 Å². The van der Waals surface area contributed by atoms with Gasteiger partial charge in [0.2, 0.25) is 0 Å². The van der Waals surface area contributed by atoms with Crippen molar-refractivity contribution in [1.29, 1.82) is 0 Å². The number of aryl methyl sites for hydroxylation is 1. The number of benzene rings is 2. The molecule has 0 atom stereocenters. The minimum absolute atomic E-state index is 0.447. The Hall–Kier alpha value is -2.61. The van der Waals surface area contributed by atoms with E-state index in [-0.39, 0.29) is 0 Å². The first-order valence-electron chi connectivity index (χ1n) is 8.42. The van der Waals surface area contributed by atoms with Crippen molar-refractivity contribution in [2.24, 2.45) is 0 Å². The third-order valence-corrected chi connectivity index (χ3v) is 3.78. The van der Waals surface area contributed by atoms with Gasteiger partial charge in [0.15, 0.2) is 0 Å². The lowest BCUT2D eigenvalue weighted by molar-refractivity contribution is -0.128. The van der Waals surface area contributed by atoms with E-state index in [0.717, 1.165) is 18.1 Å². The molecule has 2 nitrogen and oxygen atoms in total. The van der Waals surface area contributed by atoms with Crippen LogP contribution in [0, 0.1) is 0 Å². The van der Waals surface area contributed by atoms with Gasteiger partial charge in [-0.05, 0) is 41.7 Å². The SMILES string of the molecule is C=CC(=O)Oc1ccc(/C=C/c2ccc(CCCCC)cc2)cc1. The van der Waals surface area contributed by atoms with E-state index >= 15 is 0 Å². The van der Waals surface area contributed by atoms with Gasteiger partial charge < -0.3 is 4.74 Å². The number of rotatable bonds is 8. The quantitative estimate of drug-likeness (QED) is 0.206. The second-order valence-corrected chi connectivity index (χ2v) is 5.73. The highest BCUT2D eigenvalue weighted by Gasteiger charge is 1.98. The van der Waals surface area contributed by atoms with Crippen LogP contribution in [0.5, 0.6) is 5.75 Å². The summed E-state index contributed by atoms with van der Waals surface area (Å²) in [5.74, 6) is 0.0748. The fourth-order valence-electron chi connectivity index (χ4n) is 2.37. The van der Waals surface area contributed by atoms with Gasteiger partial charge in [-0.1, -0.05) is 74.9 Å². The Bertz CT molecular complexity index is 679. The van der Waals surface area contributed by atoms with Crippen molar-refractivity contribution in [3.05, 3.63) is 77.9 Å². The molecule has 0 aliphatic rings. The molecule has 2 heteroatoms. The number of carbonyl (C=O) groups is 1. The summed E-state index contributed by atoms with van der Waals surface area (Å²) in [7, 11) is 0. The number of carbonyl (C=O) groups excluding carboxylic acids is 1. The molecule has 0 amide bonds. The Labute approximate surface area is 144 Å². The zero-order chi connectivity index (χ0) is 17.2. The lowest BCUT2D eigenvalue weighted by Gasteiger charge is -2.02. The maximum absolute atomic E-state index is 11.1. The van der Waals surface area contributed by atoms with E-state index in [0.29, 0.717) is 5.75 Å². The first-order valence-corrected chi connectivity index (χ1v) is 8.42. The van der Waals surface area contributed by atoms with E-state index in [9.17, 15) is 4.79 Å². The van der Waals surface area contributed by atoms with Crippen molar-refractivity contribution in [1.82, 2.24) is 0 Å². The molecule has 0 heterocycles. The third-order valence-electron chi connectivity index (χ3n) is 3.78. The van der Waals surface area contributed by atoms with Crippen LogP contribution in [0.3, 0.4) is 0 Å². The lowest BCUT2D eigenvalue weighted by atomic mass is 10.0. The van der Waals surface area contributed by atoms with Crippen molar-refractivity contribution in [3.8, 4) is 5.75 Å². The second-order valence-electron chi connectivity index (χ2n) is 5.73. The largest absolute Gasteiger partial charge is 0.423 e. The molecule has 2 aromatic carbocycles. The summed E-state index contributed by atoms with van der Waals surface area (Å²) in [6.07, 6.45) is 10.2. The average molecular weight is 320 g/mol. The lowest BCUT2D eigenvalue weighted by Crippen LogP contribution is -2.02. The molecule has 0 aliphatic carbocycles. The van der Waals surface area contributed by atoms with Crippen molar-refractivity contribution in [3.63, 3.8) is 0 Å². The summed E-state index contributed by atoms with van der Waals surface area (Å²) in [5, 5.41) is 0. The Morgan fingerprint density at radius 3 is 2.08 bits per heavy atom. The Balaban J connectivity index is 1.92. The summed E-state index contributed by atoms with van der Waals surface area (Å²) in [4.78, 5) is 11.1. The van der Waals surface area contributed by atoms with E-state index in [4.69, 9.17) is 4.74 Å². The molecule has 0 aliphatic heterocycles. The van der Waals surface area contributed by atoms with Crippen LogP contribution in [0.15, 0.2) is 61.2 Å². The van der Waals surface area contributed by atoms with Crippen LogP contribution in [0.2, 0.25) is 0 Å². The Morgan fingerprint density at radius 2 is 1.54 bits per heavy atom. The minimum atomic E-state index is -0.447. The predicted molar refractivity (Wildman–Crippen MR) is 101 cm³/mol. The standard InChI is InChI=1S/C22H24O2/c1-3-5-6-7-18-8-10-19(11-9-18)12-13-20-14-16-21(17-15-20)24-22(23)4-2/h4,8-17H,2-3,5-7H2,1H3/b13-12+. The fraction of sp³-hybridized carbons (Fsp3) is 0.227. The van der Waals surface area contributed by atoms with Crippen LogP contribution in [0.1, 0.15) is 42.9 Å². The molecule has 0 bridgehead atoms. The first kappa shape index (κ1) is 17.7. The highest BCUT2D eigenvalue weighted by atomic mass is 16.5. The molecular weight excluding hydrogens is 296 g/mol. The minimum Gasteiger partial charge on any atom is -0.423 e. The number of hydrogen-bond acceptors (Lipinski definition) is 2. The normalized spacial score (nSPS) is 10.7. The smallest absolute Gasteiger partial charge is 0.335 e. The van der Waals surface area contributed by atoms with Gasteiger partial charge in [0.1, 0.15) is 5.75 Å². The number of ether oxygens (including phenoxy) is 1. The third kappa shape index (κ3) is 5.88. The topological polar surface area (TPSA) is 26.3 Å². The maximum atomic E-state index is 11.1. The second kappa shape index (κ2) is 9.51.